The van der Waals surface area contributed by atoms with E-state index in [9.17, 15) is 18.7 Å². The van der Waals surface area contributed by atoms with Crippen LogP contribution in [-0.2, 0) is 0 Å². The third kappa shape index (κ3) is 3.53. The van der Waals surface area contributed by atoms with Gasteiger partial charge >= 0.3 is 0 Å². The van der Waals surface area contributed by atoms with Gasteiger partial charge in [0.1, 0.15) is 5.82 Å². The van der Waals surface area contributed by atoms with Crippen molar-refractivity contribution in [3.05, 3.63) is 70.3 Å². The summed E-state index contributed by atoms with van der Waals surface area (Å²) in [4.78, 5) is 21.6. The summed E-state index contributed by atoms with van der Waals surface area (Å²) in [5.74, 6) is -1.40. The number of rotatable bonds is 4. The van der Waals surface area contributed by atoms with Gasteiger partial charge in [-0.3, -0.25) is 9.69 Å². The van der Waals surface area contributed by atoms with E-state index in [-0.39, 0.29) is 17.5 Å². The van der Waals surface area contributed by atoms with Crippen molar-refractivity contribution in [2.45, 2.75) is 13.0 Å². The quantitative estimate of drug-likeness (QED) is 0.504. The molecule has 0 saturated carbocycles. The molecule has 0 aliphatic carbocycles. The molecule has 32 heavy (non-hydrogen) atoms. The van der Waals surface area contributed by atoms with Gasteiger partial charge in [-0.1, -0.05) is 17.4 Å². The minimum Gasteiger partial charge on any atom is -0.492 e. The zero-order valence-corrected chi connectivity index (χ0v) is 17.9. The number of hydrogen-bond donors (Lipinski definition) is 1. The Labute approximate surface area is 185 Å². The van der Waals surface area contributed by atoms with Crippen molar-refractivity contribution in [2.24, 2.45) is 0 Å². The summed E-state index contributed by atoms with van der Waals surface area (Å²) in [6, 6.07) is 6.44. The van der Waals surface area contributed by atoms with Gasteiger partial charge in [0.2, 0.25) is 10.8 Å². The van der Waals surface area contributed by atoms with Gasteiger partial charge in [-0.05, 0) is 36.8 Å². The first kappa shape index (κ1) is 20.6. The average molecular weight is 459 g/mol. The zero-order valence-electron chi connectivity index (χ0n) is 17.0. The van der Waals surface area contributed by atoms with E-state index in [0.29, 0.717) is 47.4 Å². The van der Waals surface area contributed by atoms with Crippen LogP contribution in [0, 0.1) is 18.6 Å². The number of carbonyl (C=O) groups excluding carboxylic acids is 1. The Bertz CT molecular complexity index is 1280. The molecule has 4 aromatic rings. The van der Waals surface area contributed by atoms with E-state index in [1.807, 2.05) is 4.90 Å². The molecule has 1 N–H and O–H groups in total. The minimum atomic E-state index is -0.964. The van der Waals surface area contributed by atoms with E-state index < -0.39 is 17.7 Å². The SMILES string of the molecule is Cc1nc2sc([C@@H](c3ccc(F)c(F)c3)N3CCN(C(=O)c4ccco4)CC3)c(O)n2n1. The molecule has 1 aliphatic rings. The van der Waals surface area contributed by atoms with Crippen LogP contribution in [0.4, 0.5) is 8.78 Å². The lowest BCUT2D eigenvalue weighted by molar-refractivity contribution is 0.0567. The Morgan fingerprint density at radius 1 is 1.19 bits per heavy atom. The first-order chi connectivity index (χ1) is 15.4. The highest BCUT2D eigenvalue weighted by Crippen LogP contribution is 2.40. The highest BCUT2D eigenvalue weighted by molar-refractivity contribution is 7.17. The summed E-state index contributed by atoms with van der Waals surface area (Å²) < 4.78 is 34.3. The molecular formula is C21H19F2N5O3S. The highest BCUT2D eigenvalue weighted by atomic mass is 32.1. The maximum Gasteiger partial charge on any atom is 0.289 e. The molecule has 1 aliphatic heterocycles. The van der Waals surface area contributed by atoms with Crippen LogP contribution in [0.5, 0.6) is 5.88 Å². The molecule has 1 aromatic carbocycles. The Hall–Kier alpha value is -3.31. The second-order valence-electron chi connectivity index (χ2n) is 7.52. The van der Waals surface area contributed by atoms with E-state index in [1.165, 1.54) is 28.2 Å². The lowest BCUT2D eigenvalue weighted by Crippen LogP contribution is -2.49. The van der Waals surface area contributed by atoms with Crippen molar-refractivity contribution in [3.8, 4) is 5.88 Å². The molecule has 0 spiro atoms. The molecule has 3 aromatic heterocycles. The van der Waals surface area contributed by atoms with Crippen molar-refractivity contribution in [2.75, 3.05) is 26.2 Å². The number of piperazine rings is 1. The van der Waals surface area contributed by atoms with Crippen molar-refractivity contribution in [1.82, 2.24) is 24.4 Å². The number of fused-ring (bicyclic) bond motifs is 1. The zero-order chi connectivity index (χ0) is 22.4. The average Bonchev–Trinajstić information content (AvgIpc) is 3.50. The van der Waals surface area contributed by atoms with E-state index in [2.05, 4.69) is 10.1 Å². The molecule has 166 valence electrons. The van der Waals surface area contributed by atoms with Gasteiger partial charge in [0.15, 0.2) is 17.4 Å². The summed E-state index contributed by atoms with van der Waals surface area (Å²) >= 11 is 1.24. The fourth-order valence-electron chi connectivity index (χ4n) is 3.98. The molecule has 5 rings (SSSR count). The van der Waals surface area contributed by atoms with Crippen LogP contribution >= 0.6 is 11.3 Å². The fraction of sp³-hybridized carbons (Fsp3) is 0.286. The van der Waals surface area contributed by atoms with Gasteiger partial charge < -0.3 is 14.4 Å². The predicted octanol–water partition coefficient (Wildman–Crippen LogP) is 3.22. The van der Waals surface area contributed by atoms with Crippen LogP contribution < -0.4 is 0 Å². The van der Waals surface area contributed by atoms with Gasteiger partial charge in [0.05, 0.1) is 17.2 Å². The van der Waals surface area contributed by atoms with E-state index in [1.54, 1.807) is 24.0 Å². The van der Waals surface area contributed by atoms with Crippen LogP contribution in [-0.4, -0.2) is 61.6 Å². The topological polar surface area (TPSA) is 87.1 Å². The van der Waals surface area contributed by atoms with Crippen molar-refractivity contribution in [3.63, 3.8) is 0 Å². The molecule has 1 fully saturated rings. The molecule has 0 unspecified atom stereocenters. The Morgan fingerprint density at radius 3 is 2.62 bits per heavy atom. The summed E-state index contributed by atoms with van der Waals surface area (Å²) in [5, 5.41) is 15.1. The highest BCUT2D eigenvalue weighted by Gasteiger charge is 2.33. The van der Waals surface area contributed by atoms with Crippen LogP contribution in [0.3, 0.4) is 0 Å². The third-order valence-electron chi connectivity index (χ3n) is 5.51. The molecule has 4 heterocycles. The second-order valence-corrected chi connectivity index (χ2v) is 8.53. The van der Waals surface area contributed by atoms with E-state index >= 15 is 0 Å². The van der Waals surface area contributed by atoms with Crippen LogP contribution in [0.25, 0.3) is 4.96 Å². The van der Waals surface area contributed by atoms with Crippen LogP contribution in [0.15, 0.2) is 41.0 Å². The molecule has 1 atom stereocenters. The van der Waals surface area contributed by atoms with Gasteiger partial charge in [-0.25, -0.2) is 13.8 Å². The lowest BCUT2D eigenvalue weighted by atomic mass is 10.0. The van der Waals surface area contributed by atoms with Crippen LogP contribution in [0.2, 0.25) is 0 Å². The first-order valence-corrected chi connectivity index (χ1v) is 10.8. The van der Waals surface area contributed by atoms with Gasteiger partial charge in [-0.2, -0.15) is 4.52 Å². The molecule has 8 nitrogen and oxygen atoms in total. The summed E-state index contributed by atoms with van der Waals surface area (Å²) in [6.07, 6.45) is 1.45. The normalized spacial score (nSPS) is 16.0. The third-order valence-corrected chi connectivity index (χ3v) is 6.58. The number of halogens is 2. The minimum absolute atomic E-state index is 0.0885. The number of benzene rings is 1. The van der Waals surface area contributed by atoms with Crippen molar-refractivity contribution < 1.29 is 23.1 Å². The van der Waals surface area contributed by atoms with Crippen molar-refractivity contribution in [1.29, 1.82) is 0 Å². The molecular weight excluding hydrogens is 440 g/mol. The predicted molar refractivity (Wildman–Crippen MR) is 112 cm³/mol. The smallest absolute Gasteiger partial charge is 0.289 e. The monoisotopic (exact) mass is 459 g/mol. The van der Waals surface area contributed by atoms with E-state index in [4.69, 9.17) is 4.42 Å². The lowest BCUT2D eigenvalue weighted by Gasteiger charge is -2.38. The number of thiazole rings is 1. The number of carbonyl (C=O) groups is 1. The number of furan rings is 1. The number of nitrogens with zero attached hydrogens (tertiary/aromatic N) is 5. The summed E-state index contributed by atoms with van der Waals surface area (Å²) in [5.41, 5.74) is 0.492. The maximum atomic E-state index is 14.1. The number of amides is 1. The second kappa shape index (κ2) is 7.99. The standard InChI is InChI=1S/C21H19F2N5O3S/c1-12-24-21-28(25-12)20(30)18(32-21)17(13-4-5-14(22)15(23)11-13)26-6-8-27(9-7-26)19(29)16-3-2-10-31-16/h2-5,10-11,17,30H,6-9H2,1H3/t17-/m1/s1. The largest absolute Gasteiger partial charge is 0.492 e. The van der Waals surface area contributed by atoms with E-state index in [0.717, 1.165) is 12.1 Å². The Balaban J connectivity index is 1.47. The molecule has 0 radical (unpaired) electrons. The number of hydrogen-bond acceptors (Lipinski definition) is 7. The number of aryl methyl sites for hydroxylation is 1. The molecule has 11 heteroatoms. The fourth-order valence-corrected chi connectivity index (χ4v) is 5.14. The van der Waals surface area contributed by atoms with Crippen molar-refractivity contribution >= 4 is 22.2 Å². The summed E-state index contributed by atoms with van der Waals surface area (Å²) in [7, 11) is 0. The molecule has 0 bridgehead atoms. The first-order valence-electron chi connectivity index (χ1n) is 9.99. The number of aromatic hydroxyl groups is 1. The summed E-state index contributed by atoms with van der Waals surface area (Å²) in [6.45, 7) is 3.48. The van der Waals surface area contributed by atoms with Gasteiger partial charge in [0, 0.05) is 26.2 Å². The Kier molecular flexibility index (Phi) is 5.14. The number of aromatic nitrogens is 3. The maximum absolute atomic E-state index is 14.1. The van der Waals surface area contributed by atoms with Gasteiger partial charge in [0.25, 0.3) is 5.91 Å². The Morgan fingerprint density at radius 2 is 1.97 bits per heavy atom. The molecule has 1 saturated heterocycles. The molecule has 1 amide bonds. The van der Waals surface area contributed by atoms with Crippen LogP contribution in [0.1, 0.15) is 32.9 Å². The van der Waals surface area contributed by atoms with Gasteiger partial charge in [-0.15, -0.1) is 5.10 Å².